The fourth-order valence-corrected chi connectivity index (χ4v) is 2.71. The Bertz CT molecular complexity index is 742. The molecule has 1 aliphatic heterocycles. The van der Waals surface area contributed by atoms with E-state index in [9.17, 15) is 10.1 Å². The highest BCUT2D eigenvalue weighted by atomic mass is 16.6. The molecule has 0 radical (unpaired) electrons. The maximum absolute atomic E-state index is 10.8. The molecule has 1 fully saturated rings. The first-order chi connectivity index (χ1) is 11.5. The third-order valence-corrected chi connectivity index (χ3v) is 4.12. The minimum absolute atomic E-state index is 0.0905. The zero-order valence-corrected chi connectivity index (χ0v) is 13.5. The second-order valence-electron chi connectivity index (χ2n) is 5.87. The van der Waals surface area contributed by atoms with E-state index in [0.29, 0.717) is 11.5 Å². The third-order valence-electron chi connectivity index (χ3n) is 4.12. The van der Waals surface area contributed by atoms with E-state index in [1.165, 1.54) is 12.1 Å². The van der Waals surface area contributed by atoms with Crippen LogP contribution in [0.15, 0.2) is 42.5 Å². The lowest BCUT2D eigenvalue weighted by Crippen LogP contribution is -2.44. The van der Waals surface area contributed by atoms with Gasteiger partial charge in [-0.2, -0.15) is 0 Å². The Kier molecular flexibility index (Phi) is 4.52. The first-order valence-electron chi connectivity index (χ1n) is 7.78. The average molecular weight is 328 g/mol. The Morgan fingerprint density at radius 3 is 2.46 bits per heavy atom. The quantitative estimate of drug-likeness (QED) is 0.528. The van der Waals surface area contributed by atoms with E-state index in [0.717, 1.165) is 31.9 Å². The standard InChI is InChI=1S/C17H20N4O3/c1-19-7-9-20(10-8-19)13-3-2-4-14(11-13)24-15-5-6-17(21(22)23)16(18)12-15/h2-6,11-12H,7-10,18H2,1H3. The van der Waals surface area contributed by atoms with E-state index in [1.54, 1.807) is 6.07 Å². The van der Waals surface area contributed by atoms with Gasteiger partial charge < -0.3 is 20.3 Å². The molecule has 7 nitrogen and oxygen atoms in total. The van der Waals surface area contributed by atoms with Crippen LogP contribution in [0.4, 0.5) is 17.1 Å². The van der Waals surface area contributed by atoms with Gasteiger partial charge in [-0.25, -0.2) is 0 Å². The van der Waals surface area contributed by atoms with Crippen LogP contribution < -0.4 is 15.4 Å². The lowest BCUT2D eigenvalue weighted by molar-refractivity contribution is -0.383. The molecule has 2 aromatic carbocycles. The van der Waals surface area contributed by atoms with Gasteiger partial charge in [-0.1, -0.05) is 6.07 Å². The van der Waals surface area contributed by atoms with Gasteiger partial charge in [-0.15, -0.1) is 0 Å². The zero-order valence-electron chi connectivity index (χ0n) is 13.5. The van der Waals surface area contributed by atoms with Crippen molar-refractivity contribution in [3.63, 3.8) is 0 Å². The van der Waals surface area contributed by atoms with E-state index in [-0.39, 0.29) is 11.4 Å². The number of nitro benzene ring substituents is 1. The van der Waals surface area contributed by atoms with Crippen LogP contribution in [0.1, 0.15) is 0 Å². The van der Waals surface area contributed by atoms with Crippen LogP contribution in [-0.4, -0.2) is 43.0 Å². The van der Waals surface area contributed by atoms with Gasteiger partial charge in [0.25, 0.3) is 5.69 Å². The van der Waals surface area contributed by atoms with Crippen LogP contribution >= 0.6 is 0 Å². The number of benzene rings is 2. The highest BCUT2D eigenvalue weighted by molar-refractivity contribution is 5.61. The zero-order chi connectivity index (χ0) is 17.1. The average Bonchev–Trinajstić information content (AvgIpc) is 2.55. The minimum Gasteiger partial charge on any atom is -0.457 e. The molecule has 0 unspecified atom stereocenters. The van der Waals surface area contributed by atoms with E-state index in [1.807, 2.05) is 18.2 Å². The number of nitro groups is 1. The molecule has 0 atom stereocenters. The van der Waals surface area contributed by atoms with Crippen molar-refractivity contribution >= 4 is 17.1 Å². The fourth-order valence-electron chi connectivity index (χ4n) is 2.71. The van der Waals surface area contributed by atoms with Crippen molar-refractivity contribution in [3.05, 3.63) is 52.6 Å². The maximum Gasteiger partial charge on any atom is 0.292 e. The number of ether oxygens (including phenoxy) is 1. The summed E-state index contributed by atoms with van der Waals surface area (Å²) < 4.78 is 5.81. The van der Waals surface area contributed by atoms with Gasteiger partial charge >= 0.3 is 0 Å². The number of piperazine rings is 1. The third kappa shape index (κ3) is 3.57. The van der Waals surface area contributed by atoms with Gasteiger partial charge in [0, 0.05) is 50.1 Å². The van der Waals surface area contributed by atoms with Crippen LogP contribution in [0, 0.1) is 10.1 Å². The van der Waals surface area contributed by atoms with Gasteiger partial charge in [-0.3, -0.25) is 10.1 Å². The lowest BCUT2D eigenvalue weighted by atomic mass is 10.2. The summed E-state index contributed by atoms with van der Waals surface area (Å²) in [5, 5.41) is 10.8. The molecule has 7 heteroatoms. The van der Waals surface area contributed by atoms with Gasteiger partial charge in [0.15, 0.2) is 0 Å². The Morgan fingerprint density at radius 1 is 1.08 bits per heavy atom. The fraction of sp³-hybridized carbons (Fsp3) is 0.294. The summed E-state index contributed by atoms with van der Waals surface area (Å²) in [6.07, 6.45) is 0. The summed E-state index contributed by atoms with van der Waals surface area (Å²) in [6, 6.07) is 12.2. The summed E-state index contributed by atoms with van der Waals surface area (Å²) in [7, 11) is 2.12. The predicted molar refractivity (Wildman–Crippen MR) is 93.7 cm³/mol. The number of nitrogen functional groups attached to an aromatic ring is 1. The van der Waals surface area contributed by atoms with Gasteiger partial charge in [-0.05, 0) is 25.2 Å². The molecular weight excluding hydrogens is 308 g/mol. The Hall–Kier alpha value is -2.80. The number of likely N-dealkylation sites (N-methyl/N-ethyl adjacent to an activating group) is 1. The van der Waals surface area contributed by atoms with Gasteiger partial charge in [0.1, 0.15) is 17.2 Å². The molecule has 3 rings (SSSR count). The molecule has 0 amide bonds. The SMILES string of the molecule is CN1CCN(c2cccc(Oc3ccc([N+](=O)[O-])c(N)c3)c2)CC1. The normalized spacial score (nSPS) is 15.3. The number of anilines is 2. The summed E-state index contributed by atoms with van der Waals surface area (Å²) in [5.74, 6) is 1.16. The van der Waals surface area contributed by atoms with Crippen molar-refractivity contribution in [3.8, 4) is 11.5 Å². The molecule has 2 N–H and O–H groups in total. The van der Waals surface area contributed by atoms with E-state index in [4.69, 9.17) is 10.5 Å². The summed E-state index contributed by atoms with van der Waals surface area (Å²) in [5.41, 5.74) is 6.78. The molecule has 0 spiro atoms. The molecule has 0 aliphatic carbocycles. The lowest BCUT2D eigenvalue weighted by Gasteiger charge is -2.34. The van der Waals surface area contributed by atoms with Crippen molar-refractivity contribution in [2.45, 2.75) is 0 Å². The minimum atomic E-state index is -0.507. The smallest absolute Gasteiger partial charge is 0.292 e. The molecule has 0 aromatic heterocycles. The first-order valence-corrected chi connectivity index (χ1v) is 7.78. The first kappa shape index (κ1) is 16.1. The molecule has 126 valence electrons. The number of hydrogen-bond donors (Lipinski definition) is 1. The largest absolute Gasteiger partial charge is 0.457 e. The van der Waals surface area contributed by atoms with Crippen LogP contribution in [0.5, 0.6) is 11.5 Å². The van der Waals surface area contributed by atoms with Crippen molar-refractivity contribution in [2.75, 3.05) is 43.9 Å². The van der Waals surface area contributed by atoms with Crippen molar-refractivity contribution in [2.24, 2.45) is 0 Å². The number of nitrogens with zero attached hydrogens (tertiary/aromatic N) is 3. The van der Waals surface area contributed by atoms with Gasteiger partial charge in [0.05, 0.1) is 4.92 Å². The Morgan fingerprint density at radius 2 is 1.79 bits per heavy atom. The molecule has 2 aromatic rings. The van der Waals surface area contributed by atoms with Gasteiger partial charge in [0.2, 0.25) is 0 Å². The molecule has 1 aliphatic rings. The number of rotatable bonds is 4. The van der Waals surface area contributed by atoms with Crippen LogP contribution in [0.25, 0.3) is 0 Å². The summed E-state index contributed by atoms with van der Waals surface area (Å²) in [6.45, 7) is 4.02. The predicted octanol–water partition coefficient (Wildman–Crippen LogP) is 2.72. The van der Waals surface area contributed by atoms with E-state index >= 15 is 0 Å². The molecule has 24 heavy (non-hydrogen) atoms. The monoisotopic (exact) mass is 328 g/mol. The molecule has 1 saturated heterocycles. The molecule has 0 bridgehead atoms. The maximum atomic E-state index is 10.8. The van der Waals surface area contributed by atoms with E-state index < -0.39 is 4.92 Å². The molecule has 1 heterocycles. The van der Waals surface area contributed by atoms with Crippen LogP contribution in [-0.2, 0) is 0 Å². The van der Waals surface area contributed by atoms with Crippen LogP contribution in [0.2, 0.25) is 0 Å². The van der Waals surface area contributed by atoms with Crippen molar-refractivity contribution in [1.29, 1.82) is 0 Å². The highest BCUT2D eigenvalue weighted by Crippen LogP contribution is 2.31. The van der Waals surface area contributed by atoms with Crippen molar-refractivity contribution in [1.82, 2.24) is 4.90 Å². The summed E-state index contributed by atoms with van der Waals surface area (Å²) >= 11 is 0. The van der Waals surface area contributed by atoms with E-state index in [2.05, 4.69) is 22.9 Å². The molecule has 0 saturated carbocycles. The molecular formula is C17H20N4O3. The van der Waals surface area contributed by atoms with Crippen LogP contribution in [0.3, 0.4) is 0 Å². The number of nitrogens with two attached hydrogens (primary N) is 1. The summed E-state index contributed by atoms with van der Waals surface area (Å²) in [4.78, 5) is 14.9. The second-order valence-corrected chi connectivity index (χ2v) is 5.87. The second kappa shape index (κ2) is 6.76. The topological polar surface area (TPSA) is 84.9 Å². The Labute approximate surface area is 140 Å². The van der Waals surface area contributed by atoms with Crippen molar-refractivity contribution < 1.29 is 9.66 Å². The highest BCUT2D eigenvalue weighted by Gasteiger charge is 2.15. The Balaban J connectivity index is 1.75. The number of hydrogen-bond acceptors (Lipinski definition) is 6.